The van der Waals surface area contributed by atoms with Gasteiger partial charge in [0.2, 0.25) is 0 Å². The molecule has 0 heterocycles. The SMILES string of the molecule is CCCCCCCCCCCCCCCC[N+](CCCO)(CCCO)CCCO.[Br-]. The molecule has 0 spiro atoms. The number of hydrogen-bond donors (Lipinski definition) is 3. The Labute approximate surface area is 198 Å². The molecular weight excluding hydrogens is 442 g/mol. The van der Waals surface area contributed by atoms with Gasteiger partial charge in [0.05, 0.1) is 26.2 Å². The molecule has 0 atom stereocenters. The Hall–Kier alpha value is 0.320. The fourth-order valence-corrected chi connectivity index (χ4v) is 4.53. The highest BCUT2D eigenvalue weighted by atomic mass is 79.9. The van der Waals surface area contributed by atoms with Crippen LogP contribution in [0.1, 0.15) is 116 Å². The summed E-state index contributed by atoms with van der Waals surface area (Å²) in [6.45, 7) is 7.00. The molecule has 0 aromatic carbocycles. The Bertz CT molecular complexity index is 297. The molecule has 0 fully saturated rings. The Morgan fingerprint density at radius 2 is 0.667 bits per heavy atom. The average Bonchev–Trinajstić information content (AvgIpc) is 2.74. The van der Waals surface area contributed by atoms with Crippen LogP contribution >= 0.6 is 0 Å². The van der Waals surface area contributed by atoms with E-state index in [2.05, 4.69) is 6.92 Å². The van der Waals surface area contributed by atoms with Gasteiger partial charge in [-0.15, -0.1) is 0 Å². The van der Waals surface area contributed by atoms with Gasteiger partial charge >= 0.3 is 0 Å². The molecule has 0 radical (unpaired) electrons. The van der Waals surface area contributed by atoms with Gasteiger partial charge in [-0.1, -0.05) is 84.0 Å². The van der Waals surface area contributed by atoms with Crippen molar-refractivity contribution in [1.82, 2.24) is 0 Å². The maximum absolute atomic E-state index is 9.27. The van der Waals surface area contributed by atoms with Gasteiger partial charge in [0.1, 0.15) is 0 Å². The van der Waals surface area contributed by atoms with Gasteiger partial charge in [0, 0.05) is 39.1 Å². The van der Waals surface area contributed by atoms with E-state index in [9.17, 15) is 15.3 Å². The largest absolute Gasteiger partial charge is 1.00 e. The van der Waals surface area contributed by atoms with E-state index in [1.54, 1.807) is 0 Å². The molecule has 0 rings (SSSR count). The molecule has 0 saturated heterocycles. The van der Waals surface area contributed by atoms with E-state index in [-0.39, 0.29) is 36.8 Å². The molecule has 5 heteroatoms. The van der Waals surface area contributed by atoms with E-state index in [0.29, 0.717) is 0 Å². The van der Waals surface area contributed by atoms with Crippen LogP contribution in [0.4, 0.5) is 0 Å². The predicted molar refractivity (Wildman–Crippen MR) is 125 cm³/mol. The maximum Gasteiger partial charge on any atom is 0.0808 e. The van der Waals surface area contributed by atoms with Crippen LogP contribution in [-0.4, -0.2) is 65.8 Å². The molecule has 0 bridgehead atoms. The lowest BCUT2D eigenvalue weighted by molar-refractivity contribution is -0.929. The molecule has 0 aliphatic heterocycles. The number of aliphatic hydroxyl groups excluding tert-OH is 3. The van der Waals surface area contributed by atoms with Crippen molar-refractivity contribution in [2.24, 2.45) is 0 Å². The molecule has 3 N–H and O–H groups in total. The van der Waals surface area contributed by atoms with Crippen LogP contribution in [0.25, 0.3) is 0 Å². The predicted octanol–water partition coefficient (Wildman–Crippen LogP) is 2.44. The van der Waals surface area contributed by atoms with E-state index in [4.69, 9.17) is 0 Å². The minimum Gasteiger partial charge on any atom is -1.00 e. The lowest BCUT2D eigenvalue weighted by Gasteiger charge is -2.39. The van der Waals surface area contributed by atoms with Crippen LogP contribution in [-0.2, 0) is 0 Å². The van der Waals surface area contributed by atoms with Crippen LogP contribution in [0.5, 0.6) is 0 Å². The van der Waals surface area contributed by atoms with E-state index >= 15 is 0 Å². The fourth-order valence-electron chi connectivity index (χ4n) is 4.53. The molecule has 0 amide bonds. The van der Waals surface area contributed by atoms with Crippen molar-refractivity contribution in [1.29, 1.82) is 0 Å². The van der Waals surface area contributed by atoms with Crippen LogP contribution in [0.15, 0.2) is 0 Å². The van der Waals surface area contributed by atoms with Gasteiger partial charge in [-0.05, 0) is 12.8 Å². The standard InChI is InChI=1S/C25H54NO3.BrH/c1-2-3-4-5-6-7-8-9-10-11-12-13-14-15-19-26(20-16-23-27,21-17-24-28)22-18-25-29;/h27-29H,2-25H2,1H3;1H/q+1;/p-1. The quantitative estimate of drug-likeness (QED) is 0.142. The van der Waals surface area contributed by atoms with Crippen LogP contribution in [0, 0.1) is 0 Å². The molecule has 184 valence electrons. The Morgan fingerprint density at radius 1 is 0.400 bits per heavy atom. The summed E-state index contributed by atoms with van der Waals surface area (Å²) in [7, 11) is 0. The second-order valence-corrected chi connectivity index (χ2v) is 9.06. The summed E-state index contributed by atoms with van der Waals surface area (Å²) in [5.74, 6) is 0. The summed E-state index contributed by atoms with van der Waals surface area (Å²) in [5.41, 5.74) is 0. The molecule has 0 aliphatic carbocycles. The van der Waals surface area contributed by atoms with Crippen molar-refractivity contribution in [3.63, 3.8) is 0 Å². The van der Waals surface area contributed by atoms with Gasteiger partial charge in [-0.2, -0.15) is 0 Å². The van der Waals surface area contributed by atoms with E-state index in [0.717, 1.165) is 49.9 Å². The number of hydrogen-bond acceptors (Lipinski definition) is 3. The minimum atomic E-state index is 0. The average molecular weight is 497 g/mol. The van der Waals surface area contributed by atoms with Gasteiger partial charge in [-0.25, -0.2) is 0 Å². The third-order valence-corrected chi connectivity index (χ3v) is 6.36. The lowest BCUT2D eigenvalue weighted by Crippen LogP contribution is -3.00. The number of halogens is 1. The zero-order chi connectivity index (χ0) is 21.5. The summed E-state index contributed by atoms with van der Waals surface area (Å²) < 4.78 is 0.958. The van der Waals surface area contributed by atoms with Crippen molar-refractivity contribution in [3.05, 3.63) is 0 Å². The van der Waals surface area contributed by atoms with Gasteiger partial charge in [-0.3, -0.25) is 0 Å². The number of rotatable bonds is 24. The first-order valence-electron chi connectivity index (χ1n) is 12.9. The molecule has 0 aromatic heterocycles. The fraction of sp³-hybridized carbons (Fsp3) is 1.00. The summed E-state index contributed by atoms with van der Waals surface area (Å²) in [6.07, 6.45) is 21.7. The van der Waals surface area contributed by atoms with Gasteiger partial charge in [0.15, 0.2) is 0 Å². The highest BCUT2D eigenvalue weighted by Crippen LogP contribution is 2.17. The number of aliphatic hydroxyl groups is 3. The lowest BCUT2D eigenvalue weighted by atomic mass is 10.0. The summed E-state index contributed by atoms with van der Waals surface area (Å²) in [5, 5.41) is 27.8. The number of unbranched alkanes of at least 4 members (excludes halogenated alkanes) is 13. The zero-order valence-corrected chi connectivity index (χ0v) is 21.7. The second kappa shape index (κ2) is 25.6. The topological polar surface area (TPSA) is 60.7 Å². The molecule has 0 saturated carbocycles. The van der Waals surface area contributed by atoms with Crippen molar-refractivity contribution < 1.29 is 36.8 Å². The van der Waals surface area contributed by atoms with E-state index in [1.165, 1.54) is 89.9 Å². The van der Waals surface area contributed by atoms with Crippen LogP contribution in [0.2, 0.25) is 0 Å². The Kier molecular flexibility index (Phi) is 27.7. The Morgan fingerprint density at radius 3 is 0.967 bits per heavy atom. The first-order chi connectivity index (χ1) is 14.2. The highest BCUT2D eigenvalue weighted by molar-refractivity contribution is 4.52. The summed E-state index contributed by atoms with van der Waals surface area (Å²) >= 11 is 0. The number of nitrogens with zero attached hydrogens (tertiary/aromatic N) is 1. The Balaban J connectivity index is 0. The van der Waals surface area contributed by atoms with Crippen LogP contribution in [0.3, 0.4) is 0 Å². The summed E-state index contributed by atoms with van der Waals surface area (Å²) in [6, 6.07) is 0. The molecule has 0 aliphatic rings. The minimum absolute atomic E-state index is 0. The second-order valence-electron chi connectivity index (χ2n) is 9.06. The van der Waals surface area contributed by atoms with Crippen molar-refractivity contribution in [2.45, 2.75) is 116 Å². The highest BCUT2D eigenvalue weighted by Gasteiger charge is 2.25. The third-order valence-electron chi connectivity index (χ3n) is 6.36. The van der Waals surface area contributed by atoms with E-state index in [1.807, 2.05) is 0 Å². The normalized spacial score (nSPS) is 11.6. The van der Waals surface area contributed by atoms with E-state index < -0.39 is 0 Å². The smallest absolute Gasteiger partial charge is 0.0808 e. The zero-order valence-electron chi connectivity index (χ0n) is 20.1. The van der Waals surface area contributed by atoms with Crippen molar-refractivity contribution in [3.8, 4) is 0 Å². The monoisotopic (exact) mass is 495 g/mol. The van der Waals surface area contributed by atoms with Crippen molar-refractivity contribution in [2.75, 3.05) is 46.0 Å². The molecule has 0 aromatic rings. The maximum atomic E-state index is 9.27. The summed E-state index contributed by atoms with van der Waals surface area (Å²) in [4.78, 5) is 0. The third kappa shape index (κ3) is 20.2. The molecule has 4 nitrogen and oxygen atoms in total. The van der Waals surface area contributed by atoms with Gasteiger partial charge < -0.3 is 36.8 Å². The molecule has 30 heavy (non-hydrogen) atoms. The number of quaternary nitrogens is 1. The van der Waals surface area contributed by atoms with Crippen molar-refractivity contribution >= 4 is 0 Å². The molecular formula is C25H54BrNO3. The first kappa shape index (κ1) is 32.5. The van der Waals surface area contributed by atoms with Gasteiger partial charge in [0.25, 0.3) is 0 Å². The van der Waals surface area contributed by atoms with Crippen LogP contribution < -0.4 is 17.0 Å². The molecule has 0 unspecified atom stereocenters. The first-order valence-corrected chi connectivity index (χ1v) is 12.9.